The van der Waals surface area contributed by atoms with E-state index in [0.29, 0.717) is 54.8 Å². The Morgan fingerprint density at radius 1 is 1.06 bits per heavy atom. The normalized spacial score (nSPS) is 15.6. The number of ether oxygens (including phenoxy) is 2. The molecule has 3 aromatic rings. The van der Waals surface area contributed by atoms with Crippen LogP contribution in [0.25, 0.3) is 0 Å². The Morgan fingerprint density at radius 2 is 1.86 bits per heavy atom. The van der Waals surface area contributed by atoms with Crippen molar-refractivity contribution in [1.29, 1.82) is 0 Å². The molecule has 1 fully saturated rings. The minimum absolute atomic E-state index is 0.0831. The third kappa shape index (κ3) is 5.08. The lowest BCUT2D eigenvalue weighted by atomic mass is 10.0. The predicted molar refractivity (Wildman–Crippen MR) is 136 cm³/mol. The first-order chi connectivity index (χ1) is 17.0. The number of carbonyl (C=O) groups is 1. The van der Waals surface area contributed by atoms with E-state index in [4.69, 9.17) is 42.6 Å². The number of hydrogen-bond donors (Lipinski definition) is 0. The lowest BCUT2D eigenvalue weighted by molar-refractivity contribution is 0.0733. The van der Waals surface area contributed by atoms with Crippen molar-refractivity contribution in [2.45, 2.75) is 19.4 Å². The summed E-state index contributed by atoms with van der Waals surface area (Å²) >= 11 is 12.2. The van der Waals surface area contributed by atoms with E-state index in [1.807, 2.05) is 29.2 Å². The Hall–Kier alpha value is -2.87. The summed E-state index contributed by atoms with van der Waals surface area (Å²) < 4.78 is 11.1. The highest BCUT2D eigenvalue weighted by molar-refractivity contribution is 6.42. The van der Waals surface area contributed by atoms with E-state index in [0.717, 1.165) is 47.3 Å². The van der Waals surface area contributed by atoms with Crippen LogP contribution in [0.2, 0.25) is 10.0 Å². The molecule has 7 nitrogen and oxygen atoms in total. The first-order valence-corrected chi connectivity index (χ1v) is 12.4. The van der Waals surface area contributed by atoms with Crippen LogP contribution in [-0.2, 0) is 24.1 Å². The maximum Gasteiger partial charge on any atom is 0.254 e. The number of hydrogen-bond acceptors (Lipinski definition) is 6. The first-order valence-electron chi connectivity index (χ1n) is 11.6. The van der Waals surface area contributed by atoms with Crippen LogP contribution >= 0.6 is 23.2 Å². The van der Waals surface area contributed by atoms with Crippen LogP contribution in [0.3, 0.4) is 0 Å². The van der Waals surface area contributed by atoms with Gasteiger partial charge in [0.15, 0.2) is 0 Å². The Bertz CT molecular complexity index is 1250. The fourth-order valence-electron chi connectivity index (χ4n) is 4.57. The Labute approximate surface area is 214 Å². The van der Waals surface area contributed by atoms with E-state index in [-0.39, 0.29) is 5.91 Å². The van der Waals surface area contributed by atoms with Crippen molar-refractivity contribution in [1.82, 2.24) is 14.9 Å². The number of anilines is 1. The number of nitrogens with zero attached hydrogens (tertiary/aromatic N) is 4. The molecule has 0 radical (unpaired) electrons. The van der Waals surface area contributed by atoms with Gasteiger partial charge < -0.3 is 19.3 Å². The van der Waals surface area contributed by atoms with Gasteiger partial charge in [-0.15, -0.1) is 0 Å². The van der Waals surface area contributed by atoms with Crippen LogP contribution in [-0.4, -0.2) is 60.7 Å². The van der Waals surface area contributed by atoms with E-state index < -0.39 is 0 Å². The monoisotopic (exact) mass is 512 g/mol. The molecule has 0 bridgehead atoms. The Balaban J connectivity index is 1.48. The molecule has 1 saturated heterocycles. The maximum absolute atomic E-state index is 13.3. The molecule has 1 aromatic heterocycles. The van der Waals surface area contributed by atoms with Crippen molar-refractivity contribution in [3.05, 3.63) is 80.7 Å². The fraction of sp³-hybridized carbons (Fsp3) is 0.346. The quantitative estimate of drug-likeness (QED) is 0.504. The lowest BCUT2D eigenvalue weighted by Gasteiger charge is -2.34. The number of methoxy groups -OCH3 is 1. The highest BCUT2D eigenvalue weighted by Crippen LogP contribution is 2.30. The molecule has 1 amide bonds. The average molecular weight is 513 g/mol. The topological polar surface area (TPSA) is 67.8 Å². The van der Waals surface area contributed by atoms with E-state index in [9.17, 15) is 4.79 Å². The maximum atomic E-state index is 13.3. The van der Waals surface area contributed by atoms with Gasteiger partial charge in [0.25, 0.3) is 5.91 Å². The molecule has 2 aliphatic rings. The number of para-hydroxylation sites is 1. The zero-order valence-electron chi connectivity index (χ0n) is 19.5. The van der Waals surface area contributed by atoms with Crippen molar-refractivity contribution < 1.29 is 14.3 Å². The third-order valence-electron chi connectivity index (χ3n) is 6.39. The lowest BCUT2D eigenvalue weighted by Crippen LogP contribution is -2.41. The smallest absolute Gasteiger partial charge is 0.254 e. The Morgan fingerprint density at radius 3 is 2.63 bits per heavy atom. The second-order valence-corrected chi connectivity index (χ2v) is 9.40. The first kappa shape index (κ1) is 23.9. The molecule has 0 unspecified atom stereocenters. The fourth-order valence-corrected chi connectivity index (χ4v) is 4.86. The summed E-state index contributed by atoms with van der Waals surface area (Å²) in [7, 11) is 1.67. The van der Waals surface area contributed by atoms with Crippen LogP contribution < -0.4 is 9.64 Å². The zero-order chi connectivity index (χ0) is 24.4. The van der Waals surface area contributed by atoms with Gasteiger partial charge in [0.05, 0.1) is 42.6 Å². The summed E-state index contributed by atoms with van der Waals surface area (Å²) in [5.74, 6) is 2.37. The van der Waals surface area contributed by atoms with Gasteiger partial charge in [-0.25, -0.2) is 9.97 Å². The van der Waals surface area contributed by atoms with Crippen LogP contribution in [0.15, 0.2) is 42.5 Å². The molecular formula is C26H26Cl2N4O3. The van der Waals surface area contributed by atoms with Gasteiger partial charge in [0.1, 0.15) is 17.4 Å². The van der Waals surface area contributed by atoms with Crippen molar-refractivity contribution in [3.8, 4) is 5.75 Å². The summed E-state index contributed by atoms with van der Waals surface area (Å²) in [5, 5.41) is 0.797. The van der Waals surface area contributed by atoms with Crippen molar-refractivity contribution >= 4 is 34.9 Å². The molecule has 0 spiro atoms. The second kappa shape index (κ2) is 10.4. The molecule has 0 atom stereocenters. The highest BCUT2D eigenvalue weighted by Gasteiger charge is 2.29. The number of halogens is 2. The number of aromatic nitrogens is 2. The molecule has 0 saturated carbocycles. The molecule has 9 heteroatoms. The minimum atomic E-state index is -0.0831. The molecular weight excluding hydrogens is 487 g/mol. The van der Waals surface area contributed by atoms with E-state index in [1.165, 1.54) is 0 Å². The zero-order valence-corrected chi connectivity index (χ0v) is 21.0. The summed E-state index contributed by atoms with van der Waals surface area (Å²) in [6, 6.07) is 12.9. The number of amides is 1. The molecule has 0 aliphatic carbocycles. The molecule has 35 heavy (non-hydrogen) atoms. The van der Waals surface area contributed by atoms with Crippen LogP contribution in [0.4, 0.5) is 5.82 Å². The number of benzene rings is 2. The van der Waals surface area contributed by atoms with Crippen LogP contribution in [0.1, 0.15) is 33.0 Å². The van der Waals surface area contributed by atoms with E-state index in [1.54, 1.807) is 25.3 Å². The standard InChI is InChI=1S/C26H26Cl2N4O3/c1-34-23-5-3-2-4-17(23)15-24-29-22-8-9-32(26(33)18-6-7-20(27)21(28)14-18)16-19(22)25(30-24)31-10-12-35-13-11-31/h2-7,14H,8-13,15-16H2,1H3. The molecule has 0 N–H and O–H groups in total. The molecule has 182 valence electrons. The minimum Gasteiger partial charge on any atom is -0.496 e. The van der Waals surface area contributed by atoms with E-state index >= 15 is 0 Å². The highest BCUT2D eigenvalue weighted by atomic mass is 35.5. The van der Waals surface area contributed by atoms with Gasteiger partial charge in [-0.1, -0.05) is 41.4 Å². The van der Waals surface area contributed by atoms with Gasteiger partial charge in [0.2, 0.25) is 0 Å². The van der Waals surface area contributed by atoms with Crippen LogP contribution in [0, 0.1) is 0 Å². The van der Waals surface area contributed by atoms with Crippen molar-refractivity contribution in [2.75, 3.05) is 44.9 Å². The largest absolute Gasteiger partial charge is 0.496 e. The molecule has 2 aromatic carbocycles. The van der Waals surface area contributed by atoms with Crippen molar-refractivity contribution in [3.63, 3.8) is 0 Å². The van der Waals surface area contributed by atoms with Gasteiger partial charge in [-0.05, 0) is 24.3 Å². The number of rotatable bonds is 5. The van der Waals surface area contributed by atoms with Gasteiger partial charge in [0, 0.05) is 49.2 Å². The van der Waals surface area contributed by atoms with Crippen LogP contribution in [0.5, 0.6) is 5.75 Å². The Kier molecular flexibility index (Phi) is 7.09. The summed E-state index contributed by atoms with van der Waals surface area (Å²) in [6.07, 6.45) is 1.22. The summed E-state index contributed by atoms with van der Waals surface area (Å²) in [6.45, 7) is 3.80. The van der Waals surface area contributed by atoms with Gasteiger partial charge >= 0.3 is 0 Å². The number of carbonyl (C=O) groups excluding carboxylic acids is 1. The average Bonchev–Trinajstić information content (AvgIpc) is 2.90. The third-order valence-corrected chi connectivity index (χ3v) is 7.13. The predicted octanol–water partition coefficient (Wildman–Crippen LogP) is 4.42. The molecule has 3 heterocycles. The SMILES string of the molecule is COc1ccccc1Cc1nc2c(c(N3CCOCC3)n1)CN(C(=O)c1ccc(Cl)c(Cl)c1)CC2. The molecule has 2 aliphatic heterocycles. The van der Waals surface area contributed by atoms with Gasteiger partial charge in [-0.2, -0.15) is 0 Å². The van der Waals surface area contributed by atoms with E-state index in [2.05, 4.69) is 4.90 Å². The molecule has 5 rings (SSSR count). The van der Waals surface area contributed by atoms with Gasteiger partial charge in [-0.3, -0.25) is 4.79 Å². The number of fused-ring (bicyclic) bond motifs is 1. The summed E-state index contributed by atoms with van der Waals surface area (Å²) in [4.78, 5) is 27.3. The summed E-state index contributed by atoms with van der Waals surface area (Å²) in [5.41, 5.74) is 3.54. The van der Waals surface area contributed by atoms with Crippen molar-refractivity contribution in [2.24, 2.45) is 0 Å². The second-order valence-electron chi connectivity index (χ2n) is 8.58. The number of morpholine rings is 1.